The highest BCUT2D eigenvalue weighted by Crippen LogP contribution is 2.33. The average molecular weight is 417 g/mol. The summed E-state index contributed by atoms with van der Waals surface area (Å²) in [5.41, 5.74) is 0.305. The number of ether oxygens (including phenoxy) is 2. The summed E-state index contributed by atoms with van der Waals surface area (Å²) >= 11 is 0. The maximum Gasteiger partial charge on any atom is 0.435 e. The van der Waals surface area contributed by atoms with Crippen molar-refractivity contribution < 1.29 is 27.4 Å². The maximum atomic E-state index is 12.7. The van der Waals surface area contributed by atoms with E-state index in [2.05, 4.69) is 10.4 Å². The molecule has 0 radical (unpaired) electrons. The van der Waals surface area contributed by atoms with Gasteiger partial charge >= 0.3 is 6.18 Å². The summed E-state index contributed by atoms with van der Waals surface area (Å²) in [7, 11) is 0. The SMILES string of the molecule is CC1Oc2ccccc2OC1C(=O)NCc1ccc(-n2ccc(C(F)(F)F)n2)cc1. The van der Waals surface area contributed by atoms with Crippen LogP contribution in [0, 0.1) is 0 Å². The summed E-state index contributed by atoms with van der Waals surface area (Å²) in [5, 5.41) is 6.33. The number of amides is 1. The van der Waals surface area contributed by atoms with Crippen molar-refractivity contribution in [3.05, 3.63) is 72.1 Å². The molecule has 1 N–H and O–H groups in total. The number of carbonyl (C=O) groups is 1. The Morgan fingerprint density at radius 3 is 2.37 bits per heavy atom. The van der Waals surface area contributed by atoms with Crippen LogP contribution in [0.2, 0.25) is 0 Å². The molecule has 2 unspecified atom stereocenters. The molecule has 0 bridgehead atoms. The van der Waals surface area contributed by atoms with Crippen LogP contribution in [0.3, 0.4) is 0 Å². The molecule has 1 aliphatic rings. The van der Waals surface area contributed by atoms with Crippen LogP contribution in [0.15, 0.2) is 60.8 Å². The molecule has 4 rings (SSSR count). The number of aromatic nitrogens is 2. The van der Waals surface area contributed by atoms with Crippen LogP contribution in [-0.2, 0) is 17.5 Å². The third-order valence-electron chi connectivity index (χ3n) is 4.65. The van der Waals surface area contributed by atoms with Crippen molar-refractivity contribution in [2.75, 3.05) is 0 Å². The minimum Gasteiger partial charge on any atom is -0.482 e. The van der Waals surface area contributed by atoms with Gasteiger partial charge in [-0.3, -0.25) is 4.79 Å². The zero-order valence-corrected chi connectivity index (χ0v) is 15.9. The first-order valence-electron chi connectivity index (χ1n) is 9.23. The van der Waals surface area contributed by atoms with Crippen molar-refractivity contribution in [1.82, 2.24) is 15.1 Å². The van der Waals surface area contributed by atoms with Crippen LogP contribution in [0.4, 0.5) is 13.2 Å². The van der Waals surface area contributed by atoms with Crippen LogP contribution < -0.4 is 14.8 Å². The molecule has 1 amide bonds. The molecular weight excluding hydrogens is 399 g/mol. The molecule has 1 aromatic heterocycles. The lowest BCUT2D eigenvalue weighted by atomic mass is 10.1. The molecule has 156 valence electrons. The van der Waals surface area contributed by atoms with Gasteiger partial charge in [0.05, 0.1) is 5.69 Å². The molecule has 3 aromatic rings. The van der Waals surface area contributed by atoms with E-state index in [1.807, 2.05) is 6.07 Å². The summed E-state index contributed by atoms with van der Waals surface area (Å²) < 4.78 is 50.7. The lowest BCUT2D eigenvalue weighted by Crippen LogP contribution is -2.48. The fourth-order valence-corrected chi connectivity index (χ4v) is 3.08. The van der Waals surface area contributed by atoms with Crippen LogP contribution in [-0.4, -0.2) is 27.9 Å². The van der Waals surface area contributed by atoms with Gasteiger partial charge in [-0.2, -0.15) is 18.3 Å². The molecule has 0 spiro atoms. The van der Waals surface area contributed by atoms with E-state index < -0.39 is 24.1 Å². The number of hydrogen-bond donors (Lipinski definition) is 1. The second kappa shape index (κ2) is 7.74. The molecule has 0 aliphatic carbocycles. The quantitative estimate of drug-likeness (QED) is 0.703. The standard InChI is InChI=1S/C21H18F3N3O3/c1-13-19(30-17-5-3-2-4-16(17)29-13)20(28)25-12-14-6-8-15(9-7-14)27-11-10-18(26-27)21(22,23)24/h2-11,13,19H,12H2,1H3,(H,25,28). The Morgan fingerprint density at radius 1 is 1.07 bits per heavy atom. The van der Waals surface area contributed by atoms with Crippen LogP contribution in [0.25, 0.3) is 5.69 Å². The molecule has 9 heteroatoms. The molecule has 1 aliphatic heterocycles. The summed E-state index contributed by atoms with van der Waals surface area (Å²) in [5.74, 6) is 0.789. The van der Waals surface area contributed by atoms with Crippen LogP contribution >= 0.6 is 0 Å². The van der Waals surface area contributed by atoms with E-state index in [1.54, 1.807) is 49.4 Å². The predicted octanol–water partition coefficient (Wildman–Crippen LogP) is 3.74. The van der Waals surface area contributed by atoms with Gasteiger partial charge in [0.1, 0.15) is 6.10 Å². The Bertz CT molecular complexity index is 1050. The molecule has 6 nitrogen and oxygen atoms in total. The number of halogens is 3. The first-order chi connectivity index (χ1) is 14.3. The molecule has 30 heavy (non-hydrogen) atoms. The molecular formula is C21H18F3N3O3. The Labute approximate surface area is 170 Å². The first-order valence-corrected chi connectivity index (χ1v) is 9.23. The minimum atomic E-state index is -4.49. The lowest BCUT2D eigenvalue weighted by Gasteiger charge is -2.31. The van der Waals surface area contributed by atoms with Crippen molar-refractivity contribution in [2.45, 2.75) is 31.9 Å². The highest BCUT2D eigenvalue weighted by Gasteiger charge is 2.34. The second-order valence-electron chi connectivity index (χ2n) is 6.84. The van der Waals surface area contributed by atoms with Crippen molar-refractivity contribution >= 4 is 5.91 Å². The molecule has 2 atom stereocenters. The van der Waals surface area contributed by atoms with Crippen molar-refractivity contribution in [3.8, 4) is 17.2 Å². The van der Waals surface area contributed by atoms with Crippen molar-refractivity contribution in [1.29, 1.82) is 0 Å². The third kappa shape index (κ3) is 4.10. The fraction of sp³-hybridized carbons (Fsp3) is 0.238. The van der Waals surface area contributed by atoms with E-state index in [1.165, 1.54) is 6.20 Å². The highest BCUT2D eigenvalue weighted by atomic mass is 19.4. The zero-order chi connectivity index (χ0) is 21.3. The van der Waals surface area contributed by atoms with Crippen molar-refractivity contribution in [3.63, 3.8) is 0 Å². The van der Waals surface area contributed by atoms with Gasteiger partial charge in [0, 0.05) is 12.7 Å². The zero-order valence-electron chi connectivity index (χ0n) is 15.9. The molecule has 0 fully saturated rings. The first kappa shape index (κ1) is 19.8. The van der Waals surface area contributed by atoms with Gasteiger partial charge < -0.3 is 14.8 Å². The van der Waals surface area contributed by atoms with Gasteiger partial charge in [-0.15, -0.1) is 0 Å². The summed E-state index contributed by atoms with van der Waals surface area (Å²) in [4.78, 5) is 12.5. The largest absolute Gasteiger partial charge is 0.482 e. The number of benzene rings is 2. The normalized spacial score (nSPS) is 18.1. The Hall–Kier alpha value is -3.49. The monoisotopic (exact) mass is 417 g/mol. The Kier molecular flexibility index (Phi) is 5.11. The number of rotatable bonds is 4. The van der Waals surface area contributed by atoms with E-state index in [-0.39, 0.29) is 12.5 Å². The molecule has 0 saturated carbocycles. The van der Waals surface area contributed by atoms with Gasteiger partial charge in [0.15, 0.2) is 17.2 Å². The predicted molar refractivity (Wildman–Crippen MR) is 101 cm³/mol. The number of fused-ring (bicyclic) bond motifs is 1. The number of carbonyl (C=O) groups excluding carboxylic acids is 1. The Morgan fingerprint density at radius 2 is 1.73 bits per heavy atom. The van der Waals surface area contributed by atoms with Gasteiger partial charge in [-0.25, -0.2) is 4.68 Å². The number of para-hydroxylation sites is 2. The van der Waals surface area contributed by atoms with Gasteiger partial charge in [-0.05, 0) is 42.8 Å². The summed E-state index contributed by atoms with van der Waals surface area (Å²) in [6.07, 6.45) is -4.48. The maximum absolute atomic E-state index is 12.7. The number of nitrogens with zero attached hydrogens (tertiary/aromatic N) is 2. The van der Waals surface area contributed by atoms with Gasteiger partial charge in [-0.1, -0.05) is 24.3 Å². The topological polar surface area (TPSA) is 65.4 Å². The van der Waals surface area contributed by atoms with E-state index >= 15 is 0 Å². The average Bonchev–Trinajstić information content (AvgIpc) is 3.23. The minimum absolute atomic E-state index is 0.236. The van der Waals surface area contributed by atoms with E-state index in [4.69, 9.17) is 9.47 Å². The fourth-order valence-electron chi connectivity index (χ4n) is 3.08. The number of hydrogen-bond acceptors (Lipinski definition) is 4. The van der Waals surface area contributed by atoms with Crippen molar-refractivity contribution in [2.24, 2.45) is 0 Å². The van der Waals surface area contributed by atoms with E-state index in [0.29, 0.717) is 17.2 Å². The highest BCUT2D eigenvalue weighted by molar-refractivity contribution is 5.82. The van der Waals surface area contributed by atoms with E-state index in [9.17, 15) is 18.0 Å². The number of alkyl halides is 3. The smallest absolute Gasteiger partial charge is 0.435 e. The summed E-state index contributed by atoms with van der Waals surface area (Å²) in [6.45, 7) is 1.99. The molecule has 0 saturated heterocycles. The van der Waals surface area contributed by atoms with Crippen LogP contribution in [0.1, 0.15) is 18.2 Å². The van der Waals surface area contributed by atoms with Crippen LogP contribution in [0.5, 0.6) is 11.5 Å². The van der Waals surface area contributed by atoms with E-state index in [0.717, 1.165) is 16.3 Å². The molecule has 2 aromatic carbocycles. The van der Waals surface area contributed by atoms with Gasteiger partial charge in [0.25, 0.3) is 5.91 Å². The second-order valence-corrected chi connectivity index (χ2v) is 6.84. The third-order valence-corrected chi connectivity index (χ3v) is 4.65. The lowest BCUT2D eigenvalue weighted by molar-refractivity contribution is -0.141. The summed E-state index contributed by atoms with van der Waals surface area (Å²) in [6, 6.07) is 14.7. The number of nitrogens with one attached hydrogen (secondary N) is 1. The van der Waals surface area contributed by atoms with Gasteiger partial charge in [0.2, 0.25) is 6.10 Å². The molecule has 2 heterocycles. The Balaban J connectivity index is 1.37.